The van der Waals surface area contributed by atoms with E-state index in [0.717, 1.165) is 41.5 Å². The monoisotopic (exact) mass is 309 g/mol. The summed E-state index contributed by atoms with van der Waals surface area (Å²) >= 11 is 1.49. The van der Waals surface area contributed by atoms with Crippen molar-refractivity contribution >= 4 is 29.3 Å². The van der Waals surface area contributed by atoms with Gasteiger partial charge in [0.25, 0.3) is 0 Å². The molecule has 0 atom stereocenters. The van der Waals surface area contributed by atoms with Crippen LogP contribution in [0.4, 0.5) is 0 Å². The minimum absolute atomic E-state index is 0.103. The second-order valence-electron chi connectivity index (χ2n) is 4.97. The van der Waals surface area contributed by atoms with Gasteiger partial charge in [0.05, 0.1) is 6.54 Å². The maximum Gasteiger partial charge on any atom is 0.328 e. The number of thiophene rings is 1. The van der Waals surface area contributed by atoms with Gasteiger partial charge >= 0.3 is 5.97 Å². The lowest BCUT2D eigenvalue weighted by molar-refractivity contribution is -0.131. The van der Waals surface area contributed by atoms with E-state index in [9.17, 15) is 9.59 Å². The summed E-state index contributed by atoms with van der Waals surface area (Å²) in [6.45, 7) is 4.70. The smallest absolute Gasteiger partial charge is 0.328 e. The summed E-state index contributed by atoms with van der Waals surface area (Å²) in [5.74, 6) is -0.735. The van der Waals surface area contributed by atoms with Crippen LogP contribution in [0.3, 0.4) is 0 Å². The van der Waals surface area contributed by atoms with E-state index in [-0.39, 0.29) is 11.8 Å². The van der Waals surface area contributed by atoms with Crippen molar-refractivity contribution in [2.45, 2.75) is 46.1 Å². The summed E-state index contributed by atoms with van der Waals surface area (Å²) in [6.07, 6.45) is 6.57. The van der Waals surface area contributed by atoms with Crippen LogP contribution < -0.4 is 5.32 Å². The van der Waals surface area contributed by atoms with Gasteiger partial charge in [-0.2, -0.15) is 0 Å². The van der Waals surface area contributed by atoms with Crippen molar-refractivity contribution < 1.29 is 14.7 Å². The Balaban J connectivity index is 2.50. The predicted octanol–water partition coefficient (Wildman–Crippen LogP) is 3.68. The van der Waals surface area contributed by atoms with Crippen molar-refractivity contribution in [2.24, 2.45) is 5.92 Å². The summed E-state index contributed by atoms with van der Waals surface area (Å²) in [5.41, 5.74) is 0. The van der Waals surface area contributed by atoms with E-state index in [1.54, 1.807) is 6.08 Å². The summed E-state index contributed by atoms with van der Waals surface area (Å²) in [6, 6.07) is 3.78. The van der Waals surface area contributed by atoms with Crippen molar-refractivity contribution in [3.8, 4) is 0 Å². The van der Waals surface area contributed by atoms with E-state index in [2.05, 4.69) is 19.2 Å². The quantitative estimate of drug-likeness (QED) is 0.684. The molecule has 0 unspecified atom stereocenters. The third kappa shape index (κ3) is 6.58. The van der Waals surface area contributed by atoms with Gasteiger partial charge in [0.2, 0.25) is 5.91 Å². The van der Waals surface area contributed by atoms with Gasteiger partial charge in [-0.3, -0.25) is 4.79 Å². The number of carboxylic acids is 1. The van der Waals surface area contributed by atoms with Crippen LogP contribution in [0.25, 0.3) is 6.08 Å². The molecule has 0 saturated heterocycles. The minimum Gasteiger partial charge on any atom is -0.478 e. The second kappa shape index (κ2) is 9.34. The molecular weight excluding hydrogens is 286 g/mol. The largest absolute Gasteiger partial charge is 0.478 e. The van der Waals surface area contributed by atoms with E-state index in [1.807, 2.05) is 12.1 Å². The molecule has 21 heavy (non-hydrogen) atoms. The first-order valence-electron chi connectivity index (χ1n) is 7.34. The molecule has 1 aromatic rings. The zero-order valence-corrected chi connectivity index (χ0v) is 13.4. The van der Waals surface area contributed by atoms with Gasteiger partial charge < -0.3 is 10.4 Å². The Morgan fingerprint density at radius 2 is 1.95 bits per heavy atom. The average Bonchev–Trinajstić information content (AvgIpc) is 2.90. The van der Waals surface area contributed by atoms with Crippen LogP contribution >= 0.6 is 11.3 Å². The van der Waals surface area contributed by atoms with Crippen LogP contribution in [-0.4, -0.2) is 17.0 Å². The van der Waals surface area contributed by atoms with Crippen molar-refractivity contribution in [2.75, 3.05) is 0 Å². The highest BCUT2D eigenvalue weighted by atomic mass is 32.1. The maximum atomic E-state index is 12.1. The normalized spacial score (nSPS) is 11.2. The van der Waals surface area contributed by atoms with Crippen LogP contribution in [0.15, 0.2) is 18.2 Å². The number of nitrogens with one attached hydrogen (secondary N) is 1. The first-order chi connectivity index (χ1) is 10.1. The molecule has 0 aliphatic carbocycles. The average molecular weight is 309 g/mol. The number of carbonyl (C=O) groups excluding carboxylic acids is 1. The lowest BCUT2D eigenvalue weighted by Crippen LogP contribution is -2.30. The van der Waals surface area contributed by atoms with Gasteiger partial charge in [-0.25, -0.2) is 4.79 Å². The first kappa shape index (κ1) is 17.4. The molecule has 5 heteroatoms. The molecular formula is C16H23NO3S. The summed E-state index contributed by atoms with van der Waals surface area (Å²) in [4.78, 5) is 24.5. The molecule has 4 nitrogen and oxygen atoms in total. The highest BCUT2D eigenvalue weighted by molar-refractivity contribution is 7.12. The number of hydrogen-bond acceptors (Lipinski definition) is 3. The zero-order chi connectivity index (χ0) is 15.7. The van der Waals surface area contributed by atoms with E-state index >= 15 is 0 Å². The molecule has 0 fully saturated rings. The Bertz CT molecular complexity index is 487. The topological polar surface area (TPSA) is 66.4 Å². The third-order valence-corrected chi connectivity index (χ3v) is 4.21. The highest BCUT2D eigenvalue weighted by Crippen LogP contribution is 2.19. The Labute approximate surface area is 129 Å². The minimum atomic E-state index is -0.958. The molecule has 1 amide bonds. The lowest BCUT2D eigenvalue weighted by atomic mass is 9.97. The van der Waals surface area contributed by atoms with Crippen molar-refractivity contribution in [3.05, 3.63) is 28.0 Å². The van der Waals surface area contributed by atoms with Gasteiger partial charge in [-0.1, -0.05) is 26.7 Å². The Morgan fingerprint density at radius 3 is 2.52 bits per heavy atom. The van der Waals surface area contributed by atoms with Gasteiger partial charge in [0, 0.05) is 21.7 Å². The van der Waals surface area contributed by atoms with E-state index in [1.165, 1.54) is 11.3 Å². The fraction of sp³-hybridized carbons (Fsp3) is 0.500. The van der Waals surface area contributed by atoms with Crippen LogP contribution in [0.5, 0.6) is 0 Å². The molecule has 0 spiro atoms. The summed E-state index contributed by atoms with van der Waals surface area (Å²) in [7, 11) is 0. The Hall–Kier alpha value is -1.62. The second-order valence-corrected chi connectivity index (χ2v) is 6.17. The molecule has 0 aliphatic rings. The predicted molar refractivity (Wildman–Crippen MR) is 86.1 cm³/mol. The molecule has 1 rings (SSSR count). The molecule has 0 bridgehead atoms. The molecule has 0 saturated carbocycles. The van der Waals surface area contributed by atoms with Crippen LogP contribution in [-0.2, 0) is 16.1 Å². The van der Waals surface area contributed by atoms with Crippen molar-refractivity contribution in [1.82, 2.24) is 5.32 Å². The Morgan fingerprint density at radius 1 is 1.29 bits per heavy atom. The van der Waals surface area contributed by atoms with E-state index in [0.29, 0.717) is 6.54 Å². The van der Waals surface area contributed by atoms with Crippen LogP contribution in [0.1, 0.15) is 49.3 Å². The van der Waals surface area contributed by atoms with E-state index in [4.69, 9.17) is 5.11 Å². The molecule has 0 aliphatic heterocycles. The van der Waals surface area contributed by atoms with Crippen LogP contribution in [0.2, 0.25) is 0 Å². The number of amides is 1. The number of carbonyl (C=O) groups is 2. The standard InChI is InChI=1S/C16H23NO3S/c1-3-5-12(6-4-2)16(20)17-11-14-8-7-13(21-14)9-10-15(18)19/h7-10,12H,3-6,11H2,1-2H3,(H,17,20)(H,18,19)/b10-9+. The van der Waals surface area contributed by atoms with Crippen molar-refractivity contribution in [1.29, 1.82) is 0 Å². The number of hydrogen-bond donors (Lipinski definition) is 2. The maximum absolute atomic E-state index is 12.1. The van der Waals surface area contributed by atoms with Crippen molar-refractivity contribution in [3.63, 3.8) is 0 Å². The number of carboxylic acid groups (broad SMARTS) is 1. The fourth-order valence-electron chi connectivity index (χ4n) is 2.15. The number of aliphatic carboxylic acids is 1. The van der Waals surface area contributed by atoms with Gasteiger partial charge in [0.1, 0.15) is 0 Å². The Kier molecular flexibility index (Phi) is 7.75. The zero-order valence-electron chi connectivity index (χ0n) is 12.6. The molecule has 2 N–H and O–H groups in total. The summed E-state index contributed by atoms with van der Waals surface area (Å²) < 4.78 is 0. The van der Waals surface area contributed by atoms with E-state index < -0.39 is 5.97 Å². The first-order valence-corrected chi connectivity index (χ1v) is 8.15. The van der Waals surface area contributed by atoms with Gasteiger partial charge in [-0.05, 0) is 31.1 Å². The molecule has 0 aromatic carbocycles. The molecule has 1 aromatic heterocycles. The third-order valence-electron chi connectivity index (χ3n) is 3.15. The molecule has 1 heterocycles. The summed E-state index contributed by atoms with van der Waals surface area (Å²) in [5, 5.41) is 11.6. The molecule has 0 radical (unpaired) electrons. The SMILES string of the molecule is CCCC(CCC)C(=O)NCc1ccc(/C=C/C(=O)O)s1. The lowest BCUT2D eigenvalue weighted by Gasteiger charge is -2.14. The highest BCUT2D eigenvalue weighted by Gasteiger charge is 2.16. The fourth-order valence-corrected chi connectivity index (χ4v) is 3.01. The van der Waals surface area contributed by atoms with Gasteiger partial charge in [0.15, 0.2) is 0 Å². The van der Waals surface area contributed by atoms with Gasteiger partial charge in [-0.15, -0.1) is 11.3 Å². The van der Waals surface area contributed by atoms with Crippen LogP contribution in [0, 0.1) is 5.92 Å². The molecule has 116 valence electrons. The number of rotatable bonds is 9.